The first-order chi connectivity index (χ1) is 12.5. The fraction of sp³-hybridized carbons (Fsp3) is 0.353. The molecule has 1 heterocycles. The minimum absolute atomic E-state index is 0.0854. The number of carbonyl (C=O) groups is 2. The first-order valence-corrected chi connectivity index (χ1v) is 10.2. The van der Waals surface area contributed by atoms with Crippen LogP contribution in [0.2, 0.25) is 0 Å². The standard InChI is InChI=1S/C17H18Cl2N2O3S2/c18-6-9-20(10-7-19)13-3-1-12(2-4-13)11-14-16(24)21(17(25)26-14)8-5-15(22)23/h1-4,11H,5-10H2,(H,22,23)/b14-11-. The summed E-state index contributed by atoms with van der Waals surface area (Å²) in [5.41, 5.74) is 1.88. The van der Waals surface area contributed by atoms with Crippen molar-refractivity contribution in [3.05, 3.63) is 34.7 Å². The van der Waals surface area contributed by atoms with E-state index in [1.165, 1.54) is 16.7 Å². The van der Waals surface area contributed by atoms with Gasteiger partial charge in [-0.25, -0.2) is 0 Å². The second-order valence-corrected chi connectivity index (χ2v) is 7.87. The van der Waals surface area contributed by atoms with Crippen LogP contribution in [0.4, 0.5) is 5.69 Å². The number of amides is 1. The molecule has 1 amide bonds. The Balaban J connectivity index is 2.10. The van der Waals surface area contributed by atoms with E-state index < -0.39 is 5.97 Å². The predicted octanol–water partition coefficient (Wildman–Crippen LogP) is 3.65. The molecule has 5 nitrogen and oxygen atoms in total. The van der Waals surface area contributed by atoms with Gasteiger partial charge in [0.05, 0.1) is 11.3 Å². The van der Waals surface area contributed by atoms with Crippen LogP contribution in [0.25, 0.3) is 6.08 Å². The van der Waals surface area contributed by atoms with Gasteiger partial charge in [-0.05, 0) is 23.8 Å². The highest BCUT2D eigenvalue weighted by Crippen LogP contribution is 2.32. The van der Waals surface area contributed by atoms with Crippen LogP contribution in [0.1, 0.15) is 12.0 Å². The lowest BCUT2D eigenvalue weighted by molar-refractivity contribution is -0.137. The van der Waals surface area contributed by atoms with Crippen molar-refractivity contribution < 1.29 is 14.7 Å². The maximum absolute atomic E-state index is 12.4. The Hall–Kier alpha value is -1.28. The Kier molecular flexibility index (Phi) is 8.21. The summed E-state index contributed by atoms with van der Waals surface area (Å²) in [6, 6.07) is 7.73. The maximum Gasteiger partial charge on any atom is 0.305 e. The molecule has 9 heteroatoms. The summed E-state index contributed by atoms with van der Waals surface area (Å²) in [4.78, 5) is 27.0. The number of carboxylic acids is 1. The van der Waals surface area contributed by atoms with E-state index in [1.807, 2.05) is 24.3 Å². The number of hydrogen-bond acceptors (Lipinski definition) is 5. The summed E-state index contributed by atoms with van der Waals surface area (Å²) in [7, 11) is 0. The van der Waals surface area contributed by atoms with Crippen LogP contribution in [0.3, 0.4) is 0 Å². The number of alkyl halides is 2. The average molecular weight is 433 g/mol. The zero-order valence-corrected chi connectivity index (χ0v) is 17.0. The molecular weight excluding hydrogens is 415 g/mol. The largest absolute Gasteiger partial charge is 0.481 e. The van der Waals surface area contributed by atoms with Crippen molar-refractivity contribution in [2.24, 2.45) is 0 Å². The monoisotopic (exact) mass is 432 g/mol. The molecule has 26 heavy (non-hydrogen) atoms. The highest BCUT2D eigenvalue weighted by atomic mass is 35.5. The van der Waals surface area contributed by atoms with Crippen LogP contribution in [-0.2, 0) is 9.59 Å². The van der Waals surface area contributed by atoms with Crippen molar-refractivity contribution in [1.29, 1.82) is 0 Å². The highest BCUT2D eigenvalue weighted by Gasteiger charge is 2.31. The number of halogens is 2. The Morgan fingerprint density at radius 2 is 1.85 bits per heavy atom. The molecule has 0 saturated carbocycles. The number of nitrogens with zero attached hydrogens (tertiary/aromatic N) is 2. The zero-order chi connectivity index (χ0) is 19.1. The molecule has 0 aliphatic carbocycles. The van der Waals surface area contributed by atoms with Crippen LogP contribution in [0, 0.1) is 0 Å². The zero-order valence-electron chi connectivity index (χ0n) is 13.9. The molecule has 0 bridgehead atoms. The van der Waals surface area contributed by atoms with E-state index in [9.17, 15) is 9.59 Å². The Labute approximate surface area is 171 Å². The van der Waals surface area contributed by atoms with E-state index in [2.05, 4.69) is 4.90 Å². The number of thiocarbonyl (C=S) groups is 1. The molecule has 1 aliphatic heterocycles. The van der Waals surface area contributed by atoms with Crippen LogP contribution in [0.15, 0.2) is 29.2 Å². The summed E-state index contributed by atoms with van der Waals surface area (Å²) < 4.78 is 0.384. The third kappa shape index (κ3) is 5.61. The topological polar surface area (TPSA) is 60.9 Å². The van der Waals surface area contributed by atoms with Crippen molar-refractivity contribution in [3.63, 3.8) is 0 Å². The molecule has 0 atom stereocenters. The fourth-order valence-corrected chi connectivity index (χ4v) is 4.12. The number of aliphatic carboxylic acids is 1. The Morgan fingerprint density at radius 1 is 1.23 bits per heavy atom. The lowest BCUT2D eigenvalue weighted by Crippen LogP contribution is -2.30. The van der Waals surface area contributed by atoms with Gasteiger partial charge in [0, 0.05) is 37.1 Å². The van der Waals surface area contributed by atoms with Crippen LogP contribution in [-0.4, -0.2) is 57.6 Å². The summed E-state index contributed by atoms with van der Waals surface area (Å²) in [5, 5.41) is 8.77. The van der Waals surface area contributed by atoms with Crippen molar-refractivity contribution in [3.8, 4) is 0 Å². The number of thioether (sulfide) groups is 1. The average Bonchev–Trinajstić information content (AvgIpc) is 2.87. The molecule has 140 valence electrons. The van der Waals surface area contributed by atoms with E-state index in [-0.39, 0.29) is 18.9 Å². The smallest absolute Gasteiger partial charge is 0.305 e. The van der Waals surface area contributed by atoms with E-state index in [1.54, 1.807) is 6.08 Å². The fourth-order valence-electron chi connectivity index (χ4n) is 2.41. The lowest BCUT2D eigenvalue weighted by Gasteiger charge is -2.22. The number of hydrogen-bond donors (Lipinski definition) is 1. The predicted molar refractivity (Wildman–Crippen MR) is 112 cm³/mol. The summed E-state index contributed by atoms with van der Waals surface area (Å²) in [6.07, 6.45) is 1.63. The van der Waals surface area contributed by atoms with Gasteiger partial charge >= 0.3 is 5.97 Å². The van der Waals surface area contributed by atoms with Gasteiger partial charge in [-0.1, -0.05) is 36.1 Å². The minimum atomic E-state index is -0.961. The highest BCUT2D eigenvalue weighted by molar-refractivity contribution is 8.26. The summed E-state index contributed by atoms with van der Waals surface area (Å²) >= 11 is 18.0. The normalized spacial score (nSPS) is 15.8. The van der Waals surface area contributed by atoms with E-state index >= 15 is 0 Å². The van der Waals surface area contributed by atoms with Crippen molar-refractivity contribution in [1.82, 2.24) is 4.90 Å². The summed E-state index contributed by atoms with van der Waals surface area (Å²) in [5.74, 6) is -0.192. The molecule has 1 aromatic carbocycles. The van der Waals surface area contributed by atoms with Gasteiger partial charge in [0.2, 0.25) is 0 Å². The van der Waals surface area contributed by atoms with Gasteiger partial charge in [-0.2, -0.15) is 0 Å². The molecule has 2 rings (SSSR count). The van der Waals surface area contributed by atoms with E-state index in [4.69, 9.17) is 40.5 Å². The first-order valence-electron chi connectivity index (χ1n) is 7.90. The number of benzene rings is 1. The van der Waals surface area contributed by atoms with Crippen LogP contribution >= 0.6 is 47.2 Å². The minimum Gasteiger partial charge on any atom is -0.481 e. The maximum atomic E-state index is 12.4. The lowest BCUT2D eigenvalue weighted by atomic mass is 10.1. The molecular formula is C17H18Cl2N2O3S2. The molecule has 1 aliphatic rings. The Morgan fingerprint density at radius 3 is 2.38 bits per heavy atom. The van der Waals surface area contributed by atoms with Gasteiger partial charge in [-0.3, -0.25) is 14.5 Å². The van der Waals surface area contributed by atoms with Gasteiger partial charge in [0.15, 0.2) is 0 Å². The third-order valence-electron chi connectivity index (χ3n) is 3.69. The molecule has 1 saturated heterocycles. The second kappa shape index (κ2) is 10.2. The number of rotatable bonds is 9. The van der Waals surface area contributed by atoms with Crippen molar-refractivity contribution >= 4 is 75.1 Å². The number of carbonyl (C=O) groups excluding carboxylic acids is 1. The second-order valence-electron chi connectivity index (χ2n) is 5.43. The Bertz CT molecular complexity index is 704. The van der Waals surface area contributed by atoms with Crippen molar-refractivity contribution in [2.45, 2.75) is 6.42 Å². The SMILES string of the molecule is O=C(O)CCN1C(=O)/C(=C/c2ccc(N(CCCl)CCCl)cc2)SC1=S. The van der Waals surface area contributed by atoms with E-state index in [0.29, 0.717) is 34.1 Å². The van der Waals surface area contributed by atoms with Crippen LogP contribution in [0.5, 0.6) is 0 Å². The van der Waals surface area contributed by atoms with Gasteiger partial charge in [-0.15, -0.1) is 23.2 Å². The van der Waals surface area contributed by atoms with E-state index in [0.717, 1.165) is 11.3 Å². The number of anilines is 1. The molecule has 0 aromatic heterocycles. The quantitative estimate of drug-likeness (QED) is 0.365. The number of carboxylic acid groups (broad SMARTS) is 1. The van der Waals surface area contributed by atoms with Crippen LogP contribution < -0.4 is 4.90 Å². The van der Waals surface area contributed by atoms with Gasteiger partial charge in [0.25, 0.3) is 5.91 Å². The molecule has 1 fully saturated rings. The third-order valence-corrected chi connectivity index (χ3v) is 5.40. The molecule has 0 unspecified atom stereocenters. The molecule has 0 spiro atoms. The summed E-state index contributed by atoms with van der Waals surface area (Å²) in [6.45, 7) is 1.49. The van der Waals surface area contributed by atoms with Crippen molar-refractivity contribution in [2.75, 3.05) is 36.3 Å². The van der Waals surface area contributed by atoms with Gasteiger partial charge < -0.3 is 10.0 Å². The van der Waals surface area contributed by atoms with Gasteiger partial charge in [0.1, 0.15) is 4.32 Å². The first kappa shape index (κ1) is 21.0. The molecule has 1 N–H and O–H groups in total. The molecule has 1 aromatic rings. The molecule has 0 radical (unpaired) electrons.